The summed E-state index contributed by atoms with van der Waals surface area (Å²) in [6.07, 6.45) is 8.13. The Kier molecular flexibility index (Phi) is 5.32. The van der Waals surface area contributed by atoms with Gasteiger partial charge >= 0.3 is 0 Å². The molecule has 0 radical (unpaired) electrons. The van der Waals surface area contributed by atoms with Gasteiger partial charge in [0.15, 0.2) is 4.77 Å². The predicted octanol–water partition coefficient (Wildman–Crippen LogP) is 7.66. The number of rotatable bonds is 3. The monoisotopic (exact) mass is 494 g/mol. The number of allylic oxidation sites excluding steroid dienone is 2. The first kappa shape index (κ1) is 21.8. The standard InChI is InChI=1S/C29H23ClN4S/c1-19-6-14-23(15-7-19)33-27-26(21-10-12-22(30)13-11-21)31-25-5-3-4-18-32(25)28(27)34(29(33)35)24-16-8-20(2)9-17-24/h3-18,26H,1-2H3. The van der Waals surface area contributed by atoms with Crippen LogP contribution in [0.5, 0.6) is 0 Å². The van der Waals surface area contributed by atoms with Crippen molar-refractivity contribution >= 4 is 35.5 Å². The third-order valence-electron chi connectivity index (χ3n) is 6.42. The molecular weight excluding hydrogens is 472 g/mol. The van der Waals surface area contributed by atoms with Crippen molar-refractivity contribution in [3.8, 4) is 11.4 Å². The van der Waals surface area contributed by atoms with Crippen molar-refractivity contribution in [3.05, 3.63) is 129 Å². The molecule has 35 heavy (non-hydrogen) atoms. The second kappa shape index (κ2) is 8.52. The molecule has 0 aliphatic carbocycles. The van der Waals surface area contributed by atoms with E-state index in [2.05, 4.69) is 82.6 Å². The molecule has 0 saturated carbocycles. The Morgan fingerprint density at radius 2 is 1.37 bits per heavy atom. The molecule has 4 aromatic rings. The predicted molar refractivity (Wildman–Crippen MR) is 147 cm³/mol. The van der Waals surface area contributed by atoms with Crippen molar-refractivity contribution in [2.24, 2.45) is 4.99 Å². The number of anilines is 1. The minimum atomic E-state index is -0.251. The molecule has 3 aromatic carbocycles. The number of benzene rings is 3. The van der Waals surface area contributed by atoms with Crippen LogP contribution in [0.3, 0.4) is 0 Å². The lowest BCUT2D eigenvalue weighted by atomic mass is 10.0. The van der Waals surface area contributed by atoms with Crippen LogP contribution in [0, 0.1) is 18.6 Å². The number of aromatic nitrogens is 2. The minimum Gasteiger partial charge on any atom is -0.286 e. The number of imidazole rings is 1. The highest BCUT2D eigenvalue weighted by atomic mass is 35.5. The van der Waals surface area contributed by atoms with E-state index in [4.69, 9.17) is 28.8 Å². The van der Waals surface area contributed by atoms with E-state index >= 15 is 0 Å². The summed E-state index contributed by atoms with van der Waals surface area (Å²) >= 11 is 12.4. The SMILES string of the molecule is Cc1ccc(-n2c3c(n(-c4ccc(C)cc4)c2=S)N2C=CC=CC2=NC3c2ccc(Cl)cc2)cc1. The van der Waals surface area contributed by atoms with Gasteiger partial charge in [0.1, 0.15) is 17.7 Å². The van der Waals surface area contributed by atoms with E-state index in [9.17, 15) is 0 Å². The van der Waals surface area contributed by atoms with Gasteiger partial charge in [-0.05, 0) is 80.2 Å². The Bertz CT molecular complexity index is 1570. The summed E-state index contributed by atoms with van der Waals surface area (Å²) in [5.41, 5.74) is 6.51. The van der Waals surface area contributed by atoms with Crippen LogP contribution < -0.4 is 4.90 Å². The molecule has 172 valence electrons. The molecule has 0 amide bonds. The summed E-state index contributed by atoms with van der Waals surface area (Å²) in [4.78, 5) is 7.32. The van der Waals surface area contributed by atoms with Gasteiger partial charge in [-0.1, -0.05) is 65.2 Å². The van der Waals surface area contributed by atoms with Crippen LogP contribution in [0.1, 0.15) is 28.4 Å². The van der Waals surface area contributed by atoms with Gasteiger partial charge in [-0.15, -0.1) is 0 Å². The third-order valence-corrected chi connectivity index (χ3v) is 7.04. The zero-order chi connectivity index (χ0) is 24.1. The van der Waals surface area contributed by atoms with E-state index < -0.39 is 0 Å². The molecule has 1 atom stereocenters. The maximum Gasteiger partial charge on any atom is 0.191 e. The molecule has 2 aliphatic rings. The van der Waals surface area contributed by atoms with Crippen LogP contribution >= 0.6 is 23.8 Å². The van der Waals surface area contributed by atoms with E-state index in [-0.39, 0.29) is 6.04 Å². The van der Waals surface area contributed by atoms with Crippen molar-refractivity contribution in [2.45, 2.75) is 19.9 Å². The van der Waals surface area contributed by atoms with E-state index in [1.807, 2.05) is 42.5 Å². The molecular formula is C29H23ClN4S. The first-order valence-corrected chi connectivity index (χ1v) is 12.3. The third kappa shape index (κ3) is 3.68. The topological polar surface area (TPSA) is 25.5 Å². The van der Waals surface area contributed by atoms with Crippen LogP contribution in [0.2, 0.25) is 5.02 Å². The molecule has 3 heterocycles. The summed E-state index contributed by atoms with van der Waals surface area (Å²) in [5.74, 6) is 1.86. The van der Waals surface area contributed by atoms with Crippen molar-refractivity contribution in [3.63, 3.8) is 0 Å². The van der Waals surface area contributed by atoms with Crippen molar-refractivity contribution in [1.82, 2.24) is 9.13 Å². The van der Waals surface area contributed by atoms with E-state index in [0.717, 1.165) is 34.3 Å². The number of hydrogen-bond donors (Lipinski definition) is 0. The Morgan fingerprint density at radius 3 is 2.00 bits per heavy atom. The maximum atomic E-state index is 6.24. The van der Waals surface area contributed by atoms with Gasteiger partial charge in [-0.2, -0.15) is 0 Å². The minimum absolute atomic E-state index is 0.251. The summed E-state index contributed by atoms with van der Waals surface area (Å²) in [7, 11) is 0. The second-order valence-corrected chi connectivity index (χ2v) is 9.65. The van der Waals surface area contributed by atoms with Crippen LogP contribution in [-0.4, -0.2) is 15.0 Å². The molecule has 0 saturated heterocycles. The van der Waals surface area contributed by atoms with Gasteiger partial charge in [0.25, 0.3) is 0 Å². The van der Waals surface area contributed by atoms with Crippen molar-refractivity contribution < 1.29 is 0 Å². The van der Waals surface area contributed by atoms with Gasteiger partial charge in [0.2, 0.25) is 0 Å². The van der Waals surface area contributed by atoms with E-state index in [0.29, 0.717) is 9.79 Å². The summed E-state index contributed by atoms with van der Waals surface area (Å²) in [5, 5.41) is 0.701. The Balaban J connectivity index is 1.71. The second-order valence-electron chi connectivity index (χ2n) is 8.85. The fraction of sp³-hybridized carbons (Fsp3) is 0.103. The molecule has 1 unspecified atom stereocenters. The number of amidine groups is 1. The van der Waals surface area contributed by atoms with Gasteiger partial charge < -0.3 is 0 Å². The Hall–Kier alpha value is -3.67. The molecule has 0 fully saturated rings. The number of aryl methyl sites for hydroxylation is 2. The number of halogens is 1. The maximum absolute atomic E-state index is 6.24. The van der Waals surface area contributed by atoms with Crippen molar-refractivity contribution in [2.75, 3.05) is 4.90 Å². The van der Waals surface area contributed by atoms with Crippen LogP contribution in [0.4, 0.5) is 5.82 Å². The number of nitrogens with zero attached hydrogens (tertiary/aromatic N) is 4. The largest absolute Gasteiger partial charge is 0.286 e. The quantitative estimate of drug-likeness (QED) is 0.273. The molecule has 0 spiro atoms. The van der Waals surface area contributed by atoms with E-state index in [1.54, 1.807) is 0 Å². The van der Waals surface area contributed by atoms with Crippen molar-refractivity contribution in [1.29, 1.82) is 0 Å². The number of fused-ring (bicyclic) bond motifs is 3. The van der Waals surface area contributed by atoms with Gasteiger partial charge in [-0.3, -0.25) is 19.0 Å². The molecule has 6 rings (SSSR count). The lowest BCUT2D eigenvalue weighted by Gasteiger charge is -2.32. The highest BCUT2D eigenvalue weighted by Gasteiger charge is 2.35. The smallest absolute Gasteiger partial charge is 0.191 e. The molecule has 2 aliphatic heterocycles. The first-order chi connectivity index (χ1) is 17.0. The number of hydrogen-bond acceptors (Lipinski definition) is 3. The highest BCUT2D eigenvalue weighted by molar-refractivity contribution is 7.71. The average molecular weight is 495 g/mol. The summed E-state index contributed by atoms with van der Waals surface area (Å²) in [6, 6.07) is 24.6. The molecule has 0 bridgehead atoms. The lowest BCUT2D eigenvalue weighted by Crippen LogP contribution is -2.32. The van der Waals surface area contributed by atoms with Gasteiger partial charge in [0, 0.05) is 22.6 Å². The Labute approximate surface area is 214 Å². The molecule has 4 nitrogen and oxygen atoms in total. The van der Waals surface area contributed by atoms with E-state index in [1.165, 1.54) is 11.1 Å². The molecule has 6 heteroatoms. The fourth-order valence-corrected chi connectivity index (χ4v) is 5.16. The normalized spacial score (nSPS) is 16.1. The van der Waals surface area contributed by atoms with Gasteiger partial charge in [-0.25, -0.2) is 0 Å². The lowest BCUT2D eigenvalue weighted by molar-refractivity contribution is 0.777. The fourth-order valence-electron chi connectivity index (χ4n) is 4.64. The molecule has 0 N–H and O–H groups in total. The zero-order valence-electron chi connectivity index (χ0n) is 19.4. The van der Waals surface area contributed by atoms with Crippen LogP contribution in [-0.2, 0) is 0 Å². The summed E-state index contributed by atoms with van der Waals surface area (Å²) < 4.78 is 5.02. The summed E-state index contributed by atoms with van der Waals surface area (Å²) in [6.45, 7) is 4.18. The first-order valence-electron chi connectivity index (χ1n) is 11.5. The number of aliphatic imine (C=N–C) groups is 1. The zero-order valence-corrected chi connectivity index (χ0v) is 21.0. The average Bonchev–Trinajstić information content (AvgIpc) is 3.18. The Morgan fingerprint density at radius 1 is 0.771 bits per heavy atom. The highest BCUT2D eigenvalue weighted by Crippen LogP contribution is 2.43. The molecule has 1 aromatic heterocycles. The van der Waals surface area contributed by atoms with Gasteiger partial charge in [0.05, 0.1) is 5.69 Å². The van der Waals surface area contributed by atoms with Crippen LogP contribution in [0.15, 0.2) is 102 Å². The van der Waals surface area contributed by atoms with Crippen LogP contribution in [0.25, 0.3) is 11.4 Å².